The Morgan fingerprint density at radius 2 is 1.32 bits per heavy atom. The van der Waals surface area contributed by atoms with Crippen LogP contribution in [0, 0.1) is 0 Å². The fraction of sp³-hybridized carbons (Fsp3) is 0.182. The van der Waals surface area contributed by atoms with Crippen LogP contribution in [0.4, 0.5) is 5.82 Å². The van der Waals surface area contributed by atoms with Gasteiger partial charge in [0.2, 0.25) is 0 Å². The summed E-state index contributed by atoms with van der Waals surface area (Å²) < 4.78 is 7.29. The maximum Gasteiger partial charge on any atom is 0.343 e. The maximum atomic E-state index is 12.8. The number of ether oxygens (including phenoxy) is 1. The minimum Gasteiger partial charge on any atom is -0.462 e. The second-order valence-corrected chi connectivity index (χ2v) is 12.7. The van der Waals surface area contributed by atoms with E-state index in [4.69, 9.17) is 15.0 Å². The van der Waals surface area contributed by atoms with Crippen LogP contribution in [0.3, 0.4) is 0 Å². The molecule has 0 saturated carbocycles. The van der Waals surface area contributed by atoms with E-state index in [1.54, 1.807) is 6.92 Å². The van der Waals surface area contributed by atoms with E-state index >= 15 is 0 Å². The van der Waals surface area contributed by atoms with Crippen molar-refractivity contribution in [3.63, 3.8) is 0 Å². The van der Waals surface area contributed by atoms with Crippen LogP contribution in [0.5, 0.6) is 0 Å². The second-order valence-electron chi connectivity index (χ2n) is 12.7. The van der Waals surface area contributed by atoms with E-state index in [0.717, 1.165) is 58.3 Å². The lowest BCUT2D eigenvalue weighted by Crippen LogP contribution is -2.39. The molecule has 0 fully saturated rings. The van der Waals surface area contributed by atoms with Crippen LogP contribution >= 0.6 is 0 Å². The van der Waals surface area contributed by atoms with E-state index in [1.807, 2.05) is 35.0 Å². The van der Waals surface area contributed by atoms with Crippen LogP contribution in [-0.4, -0.2) is 49.3 Å². The van der Waals surface area contributed by atoms with Crippen LogP contribution in [0.2, 0.25) is 0 Å². The van der Waals surface area contributed by atoms with Crippen molar-refractivity contribution >= 4 is 11.8 Å². The van der Waals surface area contributed by atoms with Crippen molar-refractivity contribution in [2.45, 2.75) is 38.8 Å². The first kappa shape index (κ1) is 34.9. The van der Waals surface area contributed by atoms with Crippen molar-refractivity contribution in [3.8, 4) is 22.5 Å². The van der Waals surface area contributed by atoms with Gasteiger partial charge in [-0.3, -0.25) is 0 Å². The fourth-order valence-corrected chi connectivity index (χ4v) is 6.96. The molecule has 0 unspecified atom stereocenters. The van der Waals surface area contributed by atoms with Crippen molar-refractivity contribution in [1.82, 2.24) is 30.2 Å². The zero-order valence-corrected chi connectivity index (χ0v) is 29.9. The van der Waals surface area contributed by atoms with Crippen molar-refractivity contribution in [3.05, 3.63) is 180 Å². The number of rotatable bonds is 14. The Kier molecular flexibility index (Phi) is 10.7. The molecule has 0 spiro atoms. The predicted molar refractivity (Wildman–Crippen MR) is 207 cm³/mol. The number of anilines is 1. The Morgan fingerprint density at radius 1 is 0.736 bits per heavy atom. The Bertz CT molecular complexity index is 2150. The van der Waals surface area contributed by atoms with Gasteiger partial charge < -0.3 is 9.64 Å². The average Bonchev–Trinajstić information content (AvgIpc) is 3.71. The van der Waals surface area contributed by atoms with E-state index in [-0.39, 0.29) is 6.61 Å². The maximum absolute atomic E-state index is 12.8. The Morgan fingerprint density at radius 3 is 1.91 bits per heavy atom. The Hall–Kier alpha value is -6.48. The molecule has 0 aliphatic carbocycles. The molecule has 2 aromatic heterocycles. The first-order valence-electron chi connectivity index (χ1n) is 18.0. The third-order valence-corrected chi connectivity index (χ3v) is 9.44. The summed E-state index contributed by atoms with van der Waals surface area (Å²) >= 11 is 0. The van der Waals surface area contributed by atoms with Gasteiger partial charge in [0.05, 0.1) is 6.61 Å². The van der Waals surface area contributed by atoms with Gasteiger partial charge in [-0.05, 0) is 57.2 Å². The summed E-state index contributed by atoms with van der Waals surface area (Å²) in [7, 11) is 0. The van der Waals surface area contributed by atoms with Gasteiger partial charge >= 0.3 is 5.97 Å². The summed E-state index contributed by atoms with van der Waals surface area (Å²) in [5, 5.41) is 13.8. The van der Waals surface area contributed by atoms with Gasteiger partial charge in [-0.25, -0.2) is 19.4 Å². The molecule has 2 heterocycles. The molecule has 53 heavy (non-hydrogen) atoms. The molecule has 0 atom stereocenters. The minimum absolute atomic E-state index is 0.281. The normalized spacial score (nSPS) is 11.3. The van der Waals surface area contributed by atoms with Crippen LogP contribution < -0.4 is 4.90 Å². The molecule has 9 heteroatoms. The molecule has 0 radical (unpaired) electrons. The van der Waals surface area contributed by atoms with Gasteiger partial charge in [0.1, 0.15) is 23.2 Å². The third-order valence-electron chi connectivity index (χ3n) is 9.44. The van der Waals surface area contributed by atoms with Gasteiger partial charge in [-0.1, -0.05) is 153 Å². The van der Waals surface area contributed by atoms with Gasteiger partial charge in [-0.2, -0.15) is 0 Å². The molecule has 7 aromatic rings. The van der Waals surface area contributed by atoms with E-state index < -0.39 is 11.5 Å². The summed E-state index contributed by atoms with van der Waals surface area (Å²) in [6, 6.07) is 48.0. The van der Waals surface area contributed by atoms with Gasteiger partial charge in [0.15, 0.2) is 5.82 Å². The number of hydrogen-bond donors (Lipinski definition) is 0. The molecule has 0 aliphatic heterocycles. The Labute approximate surface area is 310 Å². The summed E-state index contributed by atoms with van der Waals surface area (Å²) in [5.74, 6) is 0.795. The first-order valence-corrected chi connectivity index (χ1v) is 18.0. The second kappa shape index (κ2) is 16.2. The number of unbranched alkanes of at least 4 members (excludes halogenated alkanes) is 1. The highest BCUT2D eigenvalue weighted by molar-refractivity contribution is 5.94. The largest absolute Gasteiger partial charge is 0.462 e. The van der Waals surface area contributed by atoms with Crippen molar-refractivity contribution in [1.29, 1.82) is 0 Å². The number of hydrogen-bond acceptors (Lipinski definition) is 8. The molecule has 0 bridgehead atoms. The lowest BCUT2D eigenvalue weighted by molar-refractivity contribution is 0.0526. The van der Waals surface area contributed by atoms with E-state index in [2.05, 4.69) is 136 Å². The summed E-state index contributed by atoms with van der Waals surface area (Å²) in [4.78, 5) is 23.6. The molecule has 5 aromatic carbocycles. The highest BCUT2D eigenvalue weighted by Crippen LogP contribution is 2.43. The van der Waals surface area contributed by atoms with Gasteiger partial charge in [0.25, 0.3) is 0 Å². The van der Waals surface area contributed by atoms with E-state index in [0.29, 0.717) is 23.8 Å². The number of aromatic nitrogens is 6. The molecule has 0 saturated heterocycles. The molecule has 0 aliphatic rings. The quantitative estimate of drug-likeness (QED) is 0.0822. The number of carbonyl (C=O) groups excluding carboxylic acids is 1. The van der Waals surface area contributed by atoms with Crippen LogP contribution in [-0.2, 0) is 16.8 Å². The molecular weight excluding hydrogens is 659 g/mol. The van der Waals surface area contributed by atoms with Crippen molar-refractivity contribution < 1.29 is 9.53 Å². The summed E-state index contributed by atoms with van der Waals surface area (Å²) in [5.41, 5.74) is 6.62. The molecule has 9 nitrogen and oxygen atoms in total. The zero-order valence-electron chi connectivity index (χ0n) is 29.9. The van der Waals surface area contributed by atoms with Crippen molar-refractivity contribution in [2.75, 3.05) is 18.1 Å². The number of carbonyl (C=O) groups is 1. The van der Waals surface area contributed by atoms with Crippen LogP contribution in [0.25, 0.3) is 22.5 Å². The lowest BCUT2D eigenvalue weighted by Gasteiger charge is -2.36. The first-order chi connectivity index (χ1) is 26.1. The number of nitrogens with zero attached hydrogens (tertiary/aromatic N) is 7. The van der Waals surface area contributed by atoms with Gasteiger partial charge in [0, 0.05) is 24.8 Å². The lowest BCUT2D eigenvalue weighted by atomic mass is 9.77. The van der Waals surface area contributed by atoms with E-state index in [9.17, 15) is 4.79 Å². The van der Waals surface area contributed by atoms with Crippen molar-refractivity contribution in [2.24, 2.45) is 0 Å². The predicted octanol–water partition coefficient (Wildman–Crippen LogP) is 8.62. The smallest absolute Gasteiger partial charge is 0.343 e. The fourth-order valence-electron chi connectivity index (χ4n) is 6.96. The highest BCUT2D eigenvalue weighted by atomic mass is 16.5. The monoisotopic (exact) mass is 699 g/mol. The third kappa shape index (κ3) is 7.06. The highest BCUT2D eigenvalue weighted by Gasteiger charge is 2.42. The molecule has 264 valence electrons. The zero-order chi connectivity index (χ0) is 36.5. The Balaban J connectivity index is 1.30. The topological polar surface area (TPSA) is 98.9 Å². The standard InChI is InChI=1S/C44H41N7O2/c1-3-5-29-50(41-40(30-45-32-46-41)43(52)53-4-2)31-33-25-27-34(28-26-33)38-23-15-16-24-39(38)42-47-48-49-51(42)44(35-17-9-6-10-18-35,36-19-11-7-12-20-36)37-21-13-8-14-22-37/h6-28,30,32H,3-5,29,31H2,1-2H3. The van der Waals surface area contributed by atoms with Crippen LogP contribution in [0.1, 0.15) is 59.3 Å². The average molecular weight is 700 g/mol. The molecule has 7 rings (SSSR count). The number of benzene rings is 5. The molecule has 0 amide bonds. The molecule has 0 N–H and O–H groups in total. The molecular formula is C44H41N7O2. The summed E-state index contributed by atoms with van der Waals surface area (Å²) in [6.07, 6.45) is 4.97. The SMILES string of the molecule is CCCCN(Cc1ccc(-c2ccccc2-c2nnnn2C(c2ccccc2)(c2ccccc2)c2ccccc2)cc1)c1ncncc1C(=O)OCC. The summed E-state index contributed by atoms with van der Waals surface area (Å²) in [6.45, 7) is 5.53. The minimum atomic E-state index is -0.870. The van der Waals surface area contributed by atoms with E-state index in [1.165, 1.54) is 12.5 Å². The number of tetrazole rings is 1. The number of esters is 1. The van der Waals surface area contributed by atoms with Gasteiger partial charge in [-0.15, -0.1) is 5.10 Å². The van der Waals surface area contributed by atoms with Crippen LogP contribution in [0.15, 0.2) is 152 Å².